The summed E-state index contributed by atoms with van der Waals surface area (Å²) in [6, 6.07) is 10.5. The normalized spacial score (nSPS) is 11.7. The minimum absolute atomic E-state index is 0. The van der Waals surface area contributed by atoms with E-state index in [4.69, 9.17) is 45.0 Å². The van der Waals surface area contributed by atoms with Crippen LogP contribution in [-0.2, 0) is 213 Å². The van der Waals surface area contributed by atoms with Crippen molar-refractivity contribution >= 4 is 70.4 Å². The standard InChI is InChI=1S/C24H34N6O7S.C19H26N6O6S.CH4.4V.4W/c1-3-35-24(31)29(22-20(30(32)33)21(25)27-23(28-22)38-2)15-17-9-8-10-18(26-17)16-34-12-6-7-14-37-19-11-4-5-13-36-19;1-3-31-19(27)24(17-15(25(28)29)16(20)22-18(23-17)32-2)11-13-7-6-8-14(21-13)12-30-10-5-4-9-26;;;;;;;;;/h8-10,19H,3-7,11-16H2,1-2H3,(H2,25,27,28);6-8,26H,3-5,9-12H2,1-2H3,(H2,20,22,23);1H4;;;;;;;;. The van der Waals surface area contributed by atoms with Gasteiger partial charge in [0.1, 0.15) is 0 Å². The number of hydrogen-bond acceptors (Lipinski definition) is 23. The van der Waals surface area contributed by atoms with Gasteiger partial charge in [-0.25, -0.2) is 19.4 Å². The van der Waals surface area contributed by atoms with Gasteiger partial charge in [-0.3, -0.25) is 30.2 Å². The van der Waals surface area contributed by atoms with E-state index in [1.165, 1.54) is 0 Å². The molecule has 1 aliphatic heterocycles. The molecule has 4 aromatic rings. The molecule has 4 radical (unpaired) electrons. The maximum Gasteiger partial charge on any atom is 0.416 e. The second-order valence-corrected chi connectivity index (χ2v) is 16.3. The van der Waals surface area contributed by atoms with Crippen molar-refractivity contribution in [3.05, 3.63) is 79.4 Å². The van der Waals surface area contributed by atoms with Crippen LogP contribution < -0.4 is 21.3 Å². The molecular weight excluding hydrogens is 1910 g/mol. The number of aromatic nitrogens is 6. The van der Waals surface area contributed by atoms with Crippen LogP contribution in [0.5, 0.6) is 0 Å². The molecular formula is C44H64N12O13S2V4W4. The third-order valence-corrected chi connectivity index (χ3v) is 10.7. The predicted octanol–water partition coefficient (Wildman–Crippen LogP) is 7.24. The Labute approximate surface area is 574 Å². The average Bonchev–Trinajstić information content (AvgIpc) is 3.34. The smallest absolute Gasteiger partial charge is 0.416 e. The Hall–Kier alpha value is -1.01. The van der Waals surface area contributed by atoms with E-state index in [1.807, 2.05) is 0 Å². The van der Waals surface area contributed by atoms with Gasteiger partial charge in [0, 0.05) is 192 Å². The first-order valence-electron chi connectivity index (χ1n) is 22.3. The molecule has 0 aliphatic carbocycles. The van der Waals surface area contributed by atoms with Crippen molar-refractivity contribution in [1.29, 1.82) is 0 Å². The van der Waals surface area contributed by atoms with Gasteiger partial charge in [0.15, 0.2) is 16.6 Å². The number of carbonyl (C=O) groups is 2. The number of pyridine rings is 2. The number of amides is 2. The number of aliphatic hydroxyl groups excluding tert-OH is 1. The quantitative estimate of drug-likeness (QED) is 0.0183. The molecule has 5 N–H and O–H groups in total. The van der Waals surface area contributed by atoms with Gasteiger partial charge in [-0.05, 0) is 95.6 Å². The van der Waals surface area contributed by atoms with Crippen molar-refractivity contribution in [2.45, 2.75) is 109 Å². The molecule has 5 rings (SSSR count). The van der Waals surface area contributed by atoms with Gasteiger partial charge in [-0.2, -0.15) is 19.9 Å². The van der Waals surface area contributed by atoms with Crippen LogP contribution in [0.3, 0.4) is 0 Å². The second-order valence-electron chi connectivity index (χ2n) is 14.8. The van der Waals surface area contributed by atoms with Crippen molar-refractivity contribution in [1.82, 2.24) is 29.9 Å². The zero-order valence-corrected chi connectivity index (χ0v) is 61.9. The third kappa shape index (κ3) is 31.1. The summed E-state index contributed by atoms with van der Waals surface area (Å²) in [5.41, 5.74) is 12.7. The first kappa shape index (κ1) is 89.2. The topological polar surface area (TPSA) is 332 Å². The minimum Gasteiger partial charge on any atom is -0.449 e. The van der Waals surface area contributed by atoms with Gasteiger partial charge in [-0.15, -0.1) is 0 Å². The summed E-state index contributed by atoms with van der Waals surface area (Å²) in [7, 11) is 0. The van der Waals surface area contributed by atoms with Gasteiger partial charge in [0.2, 0.25) is 23.3 Å². The number of nitrogen functional groups attached to an aromatic ring is 2. The number of nitrogens with zero attached hydrogens (tertiary/aromatic N) is 10. The molecule has 1 aliphatic rings. The summed E-state index contributed by atoms with van der Waals surface area (Å²) in [5, 5.41) is 32.6. The summed E-state index contributed by atoms with van der Waals surface area (Å²) in [4.78, 5) is 74.7. The van der Waals surface area contributed by atoms with Crippen molar-refractivity contribution < 1.29 is 211 Å². The number of unbranched alkanes of at least 4 members (excludes halogenated alkanes) is 2. The largest absolute Gasteiger partial charge is 0.449 e. The number of nitrogens with two attached hydrogens (primary N) is 2. The van der Waals surface area contributed by atoms with E-state index in [1.54, 1.807) is 62.8 Å². The van der Waals surface area contributed by atoms with Crippen molar-refractivity contribution in [2.24, 2.45) is 0 Å². The molecule has 1 unspecified atom stereocenters. The first-order chi connectivity index (χ1) is 33.8. The van der Waals surface area contributed by atoms with Crippen LogP contribution in [0.1, 0.15) is 89.0 Å². The fraction of sp³-hybridized carbons (Fsp3) is 0.545. The predicted molar refractivity (Wildman–Crippen MR) is 266 cm³/mol. The minimum atomic E-state index is -0.826. The zero-order valence-electron chi connectivity index (χ0n) is 43.0. The molecule has 79 heavy (non-hydrogen) atoms. The molecule has 1 saturated heterocycles. The van der Waals surface area contributed by atoms with Crippen molar-refractivity contribution in [3.63, 3.8) is 0 Å². The number of anilines is 4. The SMILES string of the molecule is C.CCOC(=O)N(Cc1cccc(COCCCCO)n1)c1nc(SC)nc(N)c1[N+](=O)[O-].CCOC(=O)N(Cc1cccc(COCCCCOC2CCCCO2)n1)c1nc(SC)nc(N)c1[N+](=O)[O-].[V].[V].[V].[V].[W].[W].[W].[W]. The van der Waals surface area contributed by atoms with Gasteiger partial charge in [-0.1, -0.05) is 43.1 Å². The van der Waals surface area contributed by atoms with Crippen molar-refractivity contribution in [3.8, 4) is 0 Å². The molecule has 434 valence electrons. The Balaban J connectivity index is -0.000000306. The molecule has 1 atom stereocenters. The van der Waals surface area contributed by atoms with Crippen LogP contribution >= 0.6 is 23.5 Å². The summed E-state index contributed by atoms with van der Waals surface area (Å²) in [5.74, 6) is -1.21. The molecule has 25 nitrogen and oxygen atoms in total. The number of carbonyl (C=O) groups excluding carboxylic acids is 2. The maximum atomic E-state index is 12.8. The Kier molecular flexibility index (Phi) is 56.8. The Morgan fingerprint density at radius 2 is 1.08 bits per heavy atom. The number of hydrogen-bond donors (Lipinski definition) is 3. The molecule has 0 saturated carbocycles. The monoisotopic (exact) mass is 1970 g/mol. The molecule has 0 bridgehead atoms. The summed E-state index contributed by atoms with van der Waals surface area (Å²) in [6.07, 6.45) is 7.91. The molecule has 0 aromatic carbocycles. The average molecular weight is 1970 g/mol. The van der Waals surface area contributed by atoms with E-state index in [-0.39, 0.29) is 252 Å². The van der Waals surface area contributed by atoms with Gasteiger partial charge in [0.05, 0.1) is 72.1 Å². The van der Waals surface area contributed by atoms with Crippen LogP contribution in [0, 0.1) is 20.2 Å². The van der Waals surface area contributed by atoms with Gasteiger partial charge >= 0.3 is 23.6 Å². The Morgan fingerprint density at radius 1 is 0.671 bits per heavy atom. The maximum absolute atomic E-state index is 12.8. The van der Waals surface area contributed by atoms with Crippen molar-refractivity contribution in [2.75, 3.05) is 80.0 Å². The van der Waals surface area contributed by atoms with Crippen LogP contribution in [0.15, 0.2) is 46.7 Å². The molecule has 0 spiro atoms. The summed E-state index contributed by atoms with van der Waals surface area (Å²) >= 11 is 2.27. The Morgan fingerprint density at radius 3 is 1.44 bits per heavy atom. The zero-order chi connectivity index (χ0) is 50.8. The van der Waals surface area contributed by atoms with Gasteiger partial charge < -0.3 is 45.0 Å². The van der Waals surface area contributed by atoms with E-state index >= 15 is 0 Å². The van der Waals surface area contributed by atoms with E-state index in [0.717, 1.165) is 78.5 Å². The van der Waals surface area contributed by atoms with Crippen LogP contribution in [0.2, 0.25) is 0 Å². The number of thioether (sulfide) groups is 2. The molecule has 35 heteroatoms. The van der Waals surface area contributed by atoms with Crippen LogP contribution in [0.25, 0.3) is 0 Å². The molecule has 5 heterocycles. The van der Waals surface area contributed by atoms with Crippen LogP contribution in [0.4, 0.5) is 44.2 Å². The van der Waals surface area contributed by atoms with E-state index < -0.39 is 33.4 Å². The van der Waals surface area contributed by atoms with E-state index in [9.17, 15) is 29.8 Å². The number of ether oxygens (including phenoxy) is 6. The molecule has 4 aromatic heterocycles. The van der Waals surface area contributed by atoms with E-state index in [0.29, 0.717) is 49.0 Å². The van der Waals surface area contributed by atoms with Gasteiger partial charge in [0.25, 0.3) is 0 Å². The number of nitro groups is 2. The third-order valence-electron chi connectivity index (χ3n) is 9.65. The number of rotatable bonds is 26. The second kappa shape index (κ2) is 50.3. The van der Waals surface area contributed by atoms with E-state index in [2.05, 4.69) is 29.9 Å². The number of aliphatic hydroxyl groups is 1. The summed E-state index contributed by atoms with van der Waals surface area (Å²) < 4.78 is 32.8. The fourth-order valence-electron chi connectivity index (χ4n) is 6.39. The summed E-state index contributed by atoms with van der Waals surface area (Å²) in [6.45, 7) is 6.17. The molecule has 2 amide bonds. The first-order valence-corrected chi connectivity index (χ1v) is 24.8. The Bertz CT molecular complexity index is 2360. The fourth-order valence-corrected chi connectivity index (χ4v) is 7.13. The van der Waals surface area contributed by atoms with Crippen LogP contribution in [-0.4, -0.2) is 122 Å². The molecule has 1 fully saturated rings.